The number of rotatable bonds is 3. The molecule has 4 heterocycles. The lowest BCUT2D eigenvalue weighted by atomic mass is 10.1. The Morgan fingerprint density at radius 3 is 2.68 bits per heavy atom. The Morgan fingerprint density at radius 2 is 1.97 bits per heavy atom. The molecule has 3 aromatic heterocycles. The van der Waals surface area contributed by atoms with E-state index < -0.39 is 0 Å². The summed E-state index contributed by atoms with van der Waals surface area (Å²) in [7, 11) is 0. The molecule has 0 fully saturated rings. The van der Waals surface area contributed by atoms with E-state index in [0.717, 1.165) is 23.4 Å². The molecule has 1 aliphatic heterocycles. The van der Waals surface area contributed by atoms with Crippen LogP contribution in [0.25, 0.3) is 33.9 Å². The Morgan fingerprint density at radius 1 is 1.13 bits per heavy atom. The fraction of sp³-hybridized carbons (Fsp3) is 0.318. The summed E-state index contributed by atoms with van der Waals surface area (Å²) in [6.45, 7) is 8.51. The van der Waals surface area contributed by atoms with Crippen LogP contribution >= 0.6 is 0 Å². The predicted octanol–water partition coefficient (Wildman–Crippen LogP) is 3.48. The van der Waals surface area contributed by atoms with E-state index in [1.54, 1.807) is 6.92 Å². The Hall–Kier alpha value is -3.75. The van der Waals surface area contributed by atoms with Crippen molar-refractivity contribution >= 4 is 22.8 Å². The second-order valence-electron chi connectivity index (χ2n) is 8.68. The first-order valence-electron chi connectivity index (χ1n) is 10.2. The number of nitrogens with zero attached hydrogens (tertiary/aromatic N) is 4. The Bertz CT molecular complexity index is 1310. The van der Waals surface area contributed by atoms with Crippen LogP contribution < -0.4 is 10.6 Å². The molecule has 1 aromatic carbocycles. The van der Waals surface area contributed by atoms with Crippen molar-refractivity contribution in [2.75, 3.05) is 11.9 Å². The Balaban J connectivity index is 1.71. The fourth-order valence-electron chi connectivity index (χ4n) is 3.72. The molecular weight excluding hydrogens is 394 g/mol. The number of hydrogen-bond acceptors (Lipinski definition) is 7. The van der Waals surface area contributed by atoms with Gasteiger partial charge in [-0.25, -0.2) is 9.97 Å². The highest BCUT2D eigenvalue weighted by atomic mass is 16.4. The average molecular weight is 417 g/mol. The first-order chi connectivity index (χ1) is 14.8. The van der Waals surface area contributed by atoms with E-state index >= 15 is 0 Å². The van der Waals surface area contributed by atoms with Crippen molar-refractivity contribution in [3.05, 3.63) is 41.4 Å². The molecule has 0 bridgehead atoms. The number of nitrogens with one attached hydrogen (secondary N) is 3. The second kappa shape index (κ2) is 6.90. The van der Waals surface area contributed by atoms with Crippen LogP contribution in [0.15, 0.2) is 28.7 Å². The summed E-state index contributed by atoms with van der Waals surface area (Å²) in [6, 6.07) is 7.68. The number of aromatic nitrogens is 5. The standard InChI is InChI=1S/C22H23N7O2/c1-11-28-29-21(31-11)18-19(27-22(2,3)4)26-17-12(6-5-7-15(17)25-18)16-10-13-14(24-16)8-9-23-20(13)30/h5-7,10,24H,8-9H2,1-4H3,(H,23,30)(H,26,27). The third-order valence-corrected chi connectivity index (χ3v) is 5.01. The summed E-state index contributed by atoms with van der Waals surface area (Å²) in [5.74, 6) is 1.28. The summed E-state index contributed by atoms with van der Waals surface area (Å²) >= 11 is 0. The normalized spacial score (nSPS) is 13.9. The molecule has 0 spiro atoms. The van der Waals surface area contributed by atoms with Crippen molar-refractivity contribution in [3.63, 3.8) is 0 Å². The fourth-order valence-corrected chi connectivity index (χ4v) is 3.72. The zero-order valence-electron chi connectivity index (χ0n) is 17.8. The van der Waals surface area contributed by atoms with Crippen LogP contribution in [0, 0.1) is 6.92 Å². The van der Waals surface area contributed by atoms with Crippen LogP contribution in [-0.2, 0) is 6.42 Å². The van der Waals surface area contributed by atoms with Gasteiger partial charge in [0.2, 0.25) is 5.89 Å². The van der Waals surface area contributed by atoms with Gasteiger partial charge in [-0.15, -0.1) is 10.2 Å². The van der Waals surface area contributed by atoms with Crippen molar-refractivity contribution < 1.29 is 9.21 Å². The van der Waals surface area contributed by atoms with Gasteiger partial charge in [-0.05, 0) is 32.9 Å². The van der Waals surface area contributed by atoms with Crippen molar-refractivity contribution in [2.24, 2.45) is 0 Å². The van der Waals surface area contributed by atoms with Gasteiger partial charge in [-0.3, -0.25) is 4.79 Å². The zero-order chi connectivity index (χ0) is 21.8. The lowest BCUT2D eigenvalue weighted by Gasteiger charge is -2.22. The highest BCUT2D eigenvalue weighted by molar-refractivity contribution is 6.00. The highest BCUT2D eigenvalue weighted by Crippen LogP contribution is 2.33. The molecule has 1 aliphatic rings. The van der Waals surface area contributed by atoms with Gasteiger partial charge in [0, 0.05) is 42.4 Å². The lowest BCUT2D eigenvalue weighted by Crippen LogP contribution is -2.31. The molecule has 9 heteroatoms. The van der Waals surface area contributed by atoms with Gasteiger partial charge >= 0.3 is 0 Å². The molecule has 0 atom stereocenters. The minimum atomic E-state index is -0.259. The van der Waals surface area contributed by atoms with E-state index in [1.165, 1.54) is 0 Å². The van der Waals surface area contributed by atoms with Gasteiger partial charge in [0.05, 0.1) is 11.1 Å². The van der Waals surface area contributed by atoms with E-state index in [1.807, 2.05) is 45.0 Å². The number of carbonyl (C=O) groups is 1. The summed E-state index contributed by atoms with van der Waals surface area (Å²) in [5, 5.41) is 14.4. The maximum atomic E-state index is 12.2. The molecule has 3 N–H and O–H groups in total. The van der Waals surface area contributed by atoms with Crippen molar-refractivity contribution in [1.29, 1.82) is 0 Å². The largest absolute Gasteiger partial charge is 0.420 e. The van der Waals surface area contributed by atoms with Gasteiger partial charge in [0.25, 0.3) is 11.8 Å². The summed E-state index contributed by atoms with van der Waals surface area (Å²) < 4.78 is 5.64. The predicted molar refractivity (Wildman–Crippen MR) is 117 cm³/mol. The Labute approximate surface area is 178 Å². The molecular formula is C22H23N7O2. The number of aromatic amines is 1. The molecule has 0 unspecified atom stereocenters. The molecule has 0 saturated carbocycles. The first kappa shape index (κ1) is 19.2. The van der Waals surface area contributed by atoms with Crippen molar-refractivity contribution in [1.82, 2.24) is 30.5 Å². The maximum Gasteiger partial charge on any atom is 0.270 e. The van der Waals surface area contributed by atoms with Crippen LogP contribution in [0.1, 0.15) is 42.7 Å². The number of anilines is 1. The number of fused-ring (bicyclic) bond motifs is 2. The lowest BCUT2D eigenvalue weighted by molar-refractivity contribution is 0.0946. The van der Waals surface area contributed by atoms with Crippen LogP contribution in [0.3, 0.4) is 0 Å². The smallest absolute Gasteiger partial charge is 0.270 e. The van der Waals surface area contributed by atoms with E-state index in [-0.39, 0.29) is 11.4 Å². The van der Waals surface area contributed by atoms with Crippen molar-refractivity contribution in [3.8, 4) is 22.8 Å². The number of amides is 1. The highest BCUT2D eigenvalue weighted by Gasteiger charge is 2.24. The molecule has 0 saturated heterocycles. The number of benzene rings is 1. The van der Waals surface area contributed by atoms with Gasteiger partial charge < -0.3 is 20.0 Å². The summed E-state index contributed by atoms with van der Waals surface area (Å²) in [5.41, 5.74) is 4.98. The topological polar surface area (TPSA) is 122 Å². The van der Waals surface area contributed by atoms with Crippen LogP contribution in [-0.4, -0.2) is 43.1 Å². The first-order valence-corrected chi connectivity index (χ1v) is 10.2. The third-order valence-electron chi connectivity index (χ3n) is 5.01. The molecule has 4 aromatic rings. The molecule has 5 rings (SSSR count). The molecule has 31 heavy (non-hydrogen) atoms. The van der Waals surface area contributed by atoms with Crippen LogP contribution in [0.5, 0.6) is 0 Å². The molecule has 0 radical (unpaired) electrons. The van der Waals surface area contributed by atoms with E-state index in [9.17, 15) is 4.79 Å². The molecule has 1 amide bonds. The minimum Gasteiger partial charge on any atom is -0.420 e. The SMILES string of the molecule is Cc1nnc(-c2nc3cccc(-c4cc5c([nH]4)CCNC5=O)c3nc2NC(C)(C)C)o1. The van der Waals surface area contributed by atoms with Gasteiger partial charge in [-0.1, -0.05) is 12.1 Å². The average Bonchev–Trinajstić information content (AvgIpc) is 3.33. The third kappa shape index (κ3) is 3.52. The van der Waals surface area contributed by atoms with E-state index in [2.05, 4.69) is 25.8 Å². The molecule has 9 nitrogen and oxygen atoms in total. The van der Waals surface area contributed by atoms with Crippen molar-refractivity contribution in [2.45, 2.75) is 39.7 Å². The zero-order valence-corrected chi connectivity index (χ0v) is 17.8. The minimum absolute atomic E-state index is 0.0563. The monoisotopic (exact) mass is 417 g/mol. The summed E-state index contributed by atoms with van der Waals surface area (Å²) in [6.07, 6.45) is 0.773. The number of H-pyrrole nitrogens is 1. The van der Waals surface area contributed by atoms with E-state index in [0.29, 0.717) is 46.4 Å². The summed E-state index contributed by atoms with van der Waals surface area (Å²) in [4.78, 5) is 25.4. The second-order valence-corrected chi connectivity index (χ2v) is 8.68. The quantitative estimate of drug-likeness (QED) is 0.466. The molecule has 158 valence electrons. The molecule has 0 aliphatic carbocycles. The van der Waals surface area contributed by atoms with Crippen LogP contribution in [0.2, 0.25) is 0 Å². The number of para-hydroxylation sites is 1. The van der Waals surface area contributed by atoms with E-state index in [4.69, 9.17) is 14.4 Å². The van der Waals surface area contributed by atoms with Gasteiger partial charge in [-0.2, -0.15) is 0 Å². The van der Waals surface area contributed by atoms with Crippen LogP contribution in [0.4, 0.5) is 5.82 Å². The number of carbonyl (C=O) groups excluding carboxylic acids is 1. The Kier molecular flexibility index (Phi) is 4.28. The number of aryl methyl sites for hydroxylation is 1. The van der Waals surface area contributed by atoms with Gasteiger partial charge in [0.15, 0.2) is 11.5 Å². The van der Waals surface area contributed by atoms with Gasteiger partial charge in [0.1, 0.15) is 5.52 Å². The maximum absolute atomic E-state index is 12.2. The number of hydrogen-bond donors (Lipinski definition) is 3.